The number of ether oxygens (including phenoxy) is 2. The molecule has 1 aromatic heterocycles. The molecule has 0 fully saturated rings. The van der Waals surface area contributed by atoms with Crippen LogP contribution in [0.2, 0.25) is 0 Å². The second-order valence-corrected chi connectivity index (χ2v) is 11.7. The number of nitrogen functional groups attached to an aromatic ring is 1. The summed E-state index contributed by atoms with van der Waals surface area (Å²) in [6, 6.07) is 16.0. The Bertz CT molecular complexity index is 1740. The highest BCUT2D eigenvalue weighted by Gasteiger charge is 2.24. The summed E-state index contributed by atoms with van der Waals surface area (Å²) in [5.74, 6) is 0.478. The highest BCUT2D eigenvalue weighted by atomic mass is 32.2. The lowest BCUT2D eigenvalue weighted by molar-refractivity contribution is -0.122. The first-order valence-corrected chi connectivity index (χ1v) is 14.7. The number of carbonyl (C=O) groups is 2. The van der Waals surface area contributed by atoms with Crippen LogP contribution in [0.3, 0.4) is 0 Å². The fourth-order valence-corrected chi connectivity index (χ4v) is 5.65. The van der Waals surface area contributed by atoms with Crippen LogP contribution in [0, 0.1) is 0 Å². The van der Waals surface area contributed by atoms with E-state index in [4.69, 9.17) is 15.2 Å². The Morgan fingerprint density at radius 1 is 0.952 bits per heavy atom. The molecule has 1 unspecified atom stereocenters. The standard InChI is InChI=1S/C30H33N5O6S/c1-5-42(38,39)27-11-8-22(34-18(2)36)15-21(27)17-33-30(37)28(20-6-10-25(40-3)26(16-20)41-4)35-23-7-9-24-19(14-23)12-13-32-29(24)31/h6-16,28,35H,5,17H2,1-4H3,(H2,31,32)(H,33,37)(H,34,36). The highest BCUT2D eigenvalue weighted by molar-refractivity contribution is 7.91. The molecule has 3 aromatic carbocycles. The van der Waals surface area contributed by atoms with Crippen LogP contribution in [0.5, 0.6) is 11.5 Å². The van der Waals surface area contributed by atoms with Crippen LogP contribution in [-0.2, 0) is 26.0 Å². The summed E-state index contributed by atoms with van der Waals surface area (Å²) in [7, 11) is -0.585. The lowest BCUT2D eigenvalue weighted by Crippen LogP contribution is -2.33. The number of nitrogens with one attached hydrogen (secondary N) is 3. The van der Waals surface area contributed by atoms with Crippen molar-refractivity contribution in [3.8, 4) is 11.5 Å². The zero-order chi connectivity index (χ0) is 30.4. The summed E-state index contributed by atoms with van der Waals surface area (Å²) >= 11 is 0. The Hall–Kier alpha value is -4.84. The molecule has 0 aliphatic rings. The van der Waals surface area contributed by atoms with Crippen molar-refractivity contribution in [3.63, 3.8) is 0 Å². The van der Waals surface area contributed by atoms with E-state index in [1.165, 1.54) is 33.3 Å². The average molecular weight is 592 g/mol. The number of carbonyl (C=O) groups excluding carboxylic acids is 2. The first kappa shape index (κ1) is 30.1. The molecule has 1 heterocycles. The number of pyridine rings is 1. The molecule has 0 radical (unpaired) electrons. The van der Waals surface area contributed by atoms with E-state index in [-0.39, 0.29) is 23.1 Å². The van der Waals surface area contributed by atoms with Gasteiger partial charge in [0.15, 0.2) is 21.3 Å². The Morgan fingerprint density at radius 3 is 2.38 bits per heavy atom. The first-order chi connectivity index (χ1) is 20.1. The van der Waals surface area contributed by atoms with E-state index in [0.717, 1.165) is 10.8 Å². The van der Waals surface area contributed by atoms with Crippen molar-refractivity contribution >= 4 is 49.6 Å². The molecule has 12 heteroatoms. The monoisotopic (exact) mass is 591 g/mol. The smallest absolute Gasteiger partial charge is 0.247 e. The van der Waals surface area contributed by atoms with E-state index in [2.05, 4.69) is 20.9 Å². The predicted octanol–water partition coefficient (Wildman–Crippen LogP) is 4.06. The van der Waals surface area contributed by atoms with Crippen LogP contribution in [0.1, 0.15) is 31.0 Å². The van der Waals surface area contributed by atoms with E-state index < -0.39 is 21.8 Å². The number of methoxy groups -OCH3 is 2. The average Bonchev–Trinajstić information content (AvgIpc) is 2.98. The van der Waals surface area contributed by atoms with Gasteiger partial charge in [0.25, 0.3) is 0 Å². The molecule has 0 aliphatic carbocycles. The van der Waals surface area contributed by atoms with Crippen LogP contribution in [0.4, 0.5) is 17.2 Å². The molecule has 4 rings (SSSR count). The summed E-state index contributed by atoms with van der Waals surface area (Å²) in [5, 5.41) is 10.4. The van der Waals surface area contributed by atoms with Crippen LogP contribution in [0.25, 0.3) is 10.8 Å². The number of rotatable bonds is 11. The van der Waals surface area contributed by atoms with Crippen LogP contribution < -0.4 is 31.2 Å². The van der Waals surface area contributed by atoms with Gasteiger partial charge < -0.3 is 31.2 Å². The number of nitrogens with two attached hydrogens (primary N) is 1. The number of amides is 2. The van der Waals surface area contributed by atoms with Gasteiger partial charge in [0, 0.05) is 36.4 Å². The maximum Gasteiger partial charge on any atom is 0.247 e. The fourth-order valence-electron chi connectivity index (χ4n) is 4.53. The second-order valence-electron chi connectivity index (χ2n) is 9.45. The third kappa shape index (κ3) is 6.72. The lowest BCUT2D eigenvalue weighted by Gasteiger charge is -2.22. The van der Waals surface area contributed by atoms with Gasteiger partial charge in [-0.2, -0.15) is 0 Å². The lowest BCUT2D eigenvalue weighted by atomic mass is 10.0. The molecule has 0 aliphatic heterocycles. The molecule has 220 valence electrons. The van der Waals surface area contributed by atoms with Gasteiger partial charge in [-0.15, -0.1) is 0 Å². The third-order valence-corrected chi connectivity index (χ3v) is 8.49. The van der Waals surface area contributed by atoms with Crippen molar-refractivity contribution in [2.75, 3.05) is 36.3 Å². The Balaban J connectivity index is 1.70. The number of hydrogen-bond acceptors (Lipinski definition) is 9. The molecule has 0 saturated carbocycles. The van der Waals surface area contributed by atoms with E-state index >= 15 is 0 Å². The normalized spacial score (nSPS) is 11.9. The number of hydrogen-bond donors (Lipinski definition) is 4. The van der Waals surface area contributed by atoms with Gasteiger partial charge in [-0.05, 0) is 71.1 Å². The second kappa shape index (κ2) is 12.8. The maximum atomic E-state index is 13.8. The summed E-state index contributed by atoms with van der Waals surface area (Å²) in [6.07, 6.45) is 1.61. The molecule has 0 bridgehead atoms. The van der Waals surface area contributed by atoms with E-state index in [0.29, 0.717) is 39.8 Å². The summed E-state index contributed by atoms with van der Waals surface area (Å²) in [5.41, 5.74) is 7.99. The molecule has 0 spiro atoms. The number of nitrogens with zero attached hydrogens (tertiary/aromatic N) is 1. The number of aromatic nitrogens is 1. The molecule has 2 amide bonds. The highest BCUT2D eigenvalue weighted by Crippen LogP contribution is 2.32. The van der Waals surface area contributed by atoms with Crippen molar-refractivity contribution in [2.45, 2.75) is 31.3 Å². The van der Waals surface area contributed by atoms with Gasteiger partial charge in [-0.3, -0.25) is 9.59 Å². The van der Waals surface area contributed by atoms with Crippen molar-refractivity contribution in [2.24, 2.45) is 0 Å². The van der Waals surface area contributed by atoms with Gasteiger partial charge in [0.2, 0.25) is 11.8 Å². The maximum absolute atomic E-state index is 13.8. The molecule has 42 heavy (non-hydrogen) atoms. The summed E-state index contributed by atoms with van der Waals surface area (Å²) < 4.78 is 36.4. The van der Waals surface area contributed by atoms with Gasteiger partial charge in [-0.1, -0.05) is 13.0 Å². The van der Waals surface area contributed by atoms with Crippen LogP contribution >= 0.6 is 0 Å². The minimum Gasteiger partial charge on any atom is -0.493 e. The fraction of sp³-hybridized carbons (Fsp3) is 0.233. The predicted molar refractivity (Wildman–Crippen MR) is 162 cm³/mol. The topological polar surface area (TPSA) is 162 Å². The zero-order valence-electron chi connectivity index (χ0n) is 23.7. The van der Waals surface area contributed by atoms with Gasteiger partial charge in [-0.25, -0.2) is 13.4 Å². The summed E-state index contributed by atoms with van der Waals surface area (Å²) in [4.78, 5) is 29.6. The quantitative estimate of drug-likeness (QED) is 0.202. The van der Waals surface area contributed by atoms with Crippen LogP contribution in [0.15, 0.2) is 71.8 Å². The molecule has 1 atom stereocenters. The molecular weight excluding hydrogens is 558 g/mol. The number of benzene rings is 3. The van der Waals surface area contributed by atoms with Crippen molar-refractivity contribution < 1.29 is 27.5 Å². The van der Waals surface area contributed by atoms with E-state index in [1.807, 2.05) is 18.2 Å². The van der Waals surface area contributed by atoms with Crippen LogP contribution in [-0.4, -0.2) is 45.2 Å². The van der Waals surface area contributed by atoms with Crippen molar-refractivity contribution in [1.82, 2.24) is 10.3 Å². The SMILES string of the molecule is CCS(=O)(=O)c1ccc(NC(C)=O)cc1CNC(=O)C(Nc1ccc2c(N)nccc2c1)c1ccc(OC)c(OC)c1. The number of fused-ring (bicyclic) bond motifs is 1. The van der Waals surface area contributed by atoms with Gasteiger partial charge in [0.1, 0.15) is 11.9 Å². The number of anilines is 3. The van der Waals surface area contributed by atoms with Crippen molar-refractivity contribution in [1.29, 1.82) is 0 Å². The molecule has 5 N–H and O–H groups in total. The molecule has 11 nitrogen and oxygen atoms in total. The largest absolute Gasteiger partial charge is 0.493 e. The summed E-state index contributed by atoms with van der Waals surface area (Å²) in [6.45, 7) is 2.80. The van der Waals surface area contributed by atoms with E-state index in [1.54, 1.807) is 43.5 Å². The Labute approximate surface area is 244 Å². The Morgan fingerprint density at radius 2 is 1.69 bits per heavy atom. The van der Waals surface area contributed by atoms with E-state index in [9.17, 15) is 18.0 Å². The number of sulfone groups is 1. The van der Waals surface area contributed by atoms with Crippen molar-refractivity contribution in [3.05, 3.63) is 78.0 Å². The van der Waals surface area contributed by atoms with Gasteiger partial charge >= 0.3 is 0 Å². The third-order valence-electron chi connectivity index (χ3n) is 6.66. The first-order valence-electron chi connectivity index (χ1n) is 13.1. The minimum atomic E-state index is -3.61. The molecule has 4 aromatic rings. The molecule has 0 saturated heterocycles. The minimum absolute atomic E-state index is 0.0794. The zero-order valence-corrected chi connectivity index (χ0v) is 24.5. The Kier molecular flexibility index (Phi) is 9.16. The van der Waals surface area contributed by atoms with Gasteiger partial charge in [0.05, 0.1) is 24.9 Å². The molecular formula is C30H33N5O6S.